The summed E-state index contributed by atoms with van der Waals surface area (Å²) < 4.78 is 18.2. The van der Waals surface area contributed by atoms with E-state index >= 15 is 0 Å². The van der Waals surface area contributed by atoms with Crippen LogP contribution in [-0.2, 0) is 11.3 Å². The van der Waals surface area contributed by atoms with Crippen LogP contribution in [0.5, 0.6) is 0 Å². The van der Waals surface area contributed by atoms with Crippen molar-refractivity contribution in [1.82, 2.24) is 10.6 Å². The topological polar surface area (TPSA) is 71.3 Å². The molecule has 0 aliphatic carbocycles. The predicted molar refractivity (Wildman–Crippen MR) is 98.8 cm³/mol. The Hall–Kier alpha value is -3.67. The van der Waals surface area contributed by atoms with Crippen molar-refractivity contribution < 1.29 is 18.4 Å². The average molecular weight is 364 g/mol. The van der Waals surface area contributed by atoms with Gasteiger partial charge in [-0.2, -0.15) is 0 Å². The van der Waals surface area contributed by atoms with Crippen molar-refractivity contribution in [1.29, 1.82) is 0 Å². The Morgan fingerprint density at radius 3 is 2.37 bits per heavy atom. The van der Waals surface area contributed by atoms with Gasteiger partial charge in [0.15, 0.2) is 5.76 Å². The molecule has 1 aromatic heterocycles. The van der Waals surface area contributed by atoms with E-state index in [2.05, 4.69) is 10.6 Å². The van der Waals surface area contributed by atoms with E-state index in [0.29, 0.717) is 12.1 Å². The Morgan fingerprint density at radius 1 is 0.963 bits per heavy atom. The minimum atomic E-state index is -0.553. The van der Waals surface area contributed by atoms with E-state index < -0.39 is 11.8 Å². The van der Waals surface area contributed by atoms with E-state index in [-0.39, 0.29) is 17.3 Å². The lowest BCUT2D eigenvalue weighted by atomic mass is 10.1. The molecule has 0 bridgehead atoms. The number of benzene rings is 2. The largest absolute Gasteiger partial charge is 0.459 e. The number of rotatable bonds is 6. The molecule has 1 heterocycles. The van der Waals surface area contributed by atoms with E-state index in [9.17, 15) is 14.0 Å². The van der Waals surface area contributed by atoms with Gasteiger partial charge in [0, 0.05) is 6.54 Å². The molecule has 0 radical (unpaired) electrons. The first kappa shape index (κ1) is 18.1. The lowest BCUT2D eigenvalue weighted by molar-refractivity contribution is -0.117. The molecule has 0 spiro atoms. The first-order valence-corrected chi connectivity index (χ1v) is 8.26. The SMILES string of the molecule is O=C(NCc1ccccc1)C(=Cc1ccc(F)cc1)NC(=O)c1ccco1. The van der Waals surface area contributed by atoms with E-state index in [1.54, 1.807) is 6.07 Å². The summed E-state index contributed by atoms with van der Waals surface area (Å²) in [5, 5.41) is 5.30. The van der Waals surface area contributed by atoms with Gasteiger partial charge in [-0.1, -0.05) is 42.5 Å². The van der Waals surface area contributed by atoms with Gasteiger partial charge in [-0.25, -0.2) is 4.39 Å². The fourth-order valence-electron chi connectivity index (χ4n) is 2.35. The van der Waals surface area contributed by atoms with Gasteiger partial charge >= 0.3 is 0 Å². The second-order valence-corrected chi connectivity index (χ2v) is 5.71. The van der Waals surface area contributed by atoms with E-state index in [1.807, 2.05) is 30.3 Å². The van der Waals surface area contributed by atoms with Crippen molar-refractivity contribution in [2.75, 3.05) is 0 Å². The maximum absolute atomic E-state index is 13.1. The second-order valence-electron chi connectivity index (χ2n) is 5.71. The van der Waals surface area contributed by atoms with Gasteiger partial charge in [0.25, 0.3) is 11.8 Å². The van der Waals surface area contributed by atoms with E-state index in [4.69, 9.17) is 4.42 Å². The summed E-state index contributed by atoms with van der Waals surface area (Å²) in [7, 11) is 0. The van der Waals surface area contributed by atoms with E-state index in [1.165, 1.54) is 42.7 Å². The smallest absolute Gasteiger partial charge is 0.291 e. The molecule has 5 nitrogen and oxygen atoms in total. The summed E-state index contributed by atoms with van der Waals surface area (Å²) in [5.74, 6) is -1.33. The first-order valence-electron chi connectivity index (χ1n) is 8.26. The van der Waals surface area contributed by atoms with Crippen LogP contribution in [0.2, 0.25) is 0 Å². The van der Waals surface area contributed by atoms with Gasteiger partial charge in [-0.15, -0.1) is 0 Å². The van der Waals surface area contributed by atoms with Crippen LogP contribution in [0.25, 0.3) is 6.08 Å². The lowest BCUT2D eigenvalue weighted by Crippen LogP contribution is -2.34. The highest BCUT2D eigenvalue weighted by Gasteiger charge is 2.16. The Labute approximate surface area is 155 Å². The highest BCUT2D eigenvalue weighted by atomic mass is 19.1. The molecule has 136 valence electrons. The van der Waals surface area contributed by atoms with Crippen LogP contribution in [0, 0.1) is 5.82 Å². The molecule has 0 saturated heterocycles. The summed E-state index contributed by atoms with van der Waals surface area (Å²) >= 11 is 0. The third-order valence-corrected chi connectivity index (χ3v) is 3.71. The number of hydrogen-bond donors (Lipinski definition) is 2. The molecular formula is C21H17FN2O3. The Morgan fingerprint density at radius 2 is 1.70 bits per heavy atom. The van der Waals surface area contributed by atoms with Crippen LogP contribution in [0.1, 0.15) is 21.7 Å². The number of amides is 2. The number of carbonyl (C=O) groups excluding carboxylic acids is 2. The fraction of sp³-hybridized carbons (Fsp3) is 0.0476. The maximum atomic E-state index is 13.1. The zero-order valence-electron chi connectivity index (χ0n) is 14.3. The molecule has 27 heavy (non-hydrogen) atoms. The normalized spacial score (nSPS) is 11.1. The molecule has 2 aromatic carbocycles. The number of carbonyl (C=O) groups is 2. The molecule has 0 atom stereocenters. The average Bonchev–Trinajstić information content (AvgIpc) is 3.23. The number of halogens is 1. The monoisotopic (exact) mass is 364 g/mol. The van der Waals surface area contributed by atoms with Crippen LogP contribution < -0.4 is 10.6 Å². The van der Waals surface area contributed by atoms with Crippen LogP contribution in [0.4, 0.5) is 4.39 Å². The Kier molecular flexibility index (Phi) is 5.79. The molecule has 0 aliphatic rings. The van der Waals surface area contributed by atoms with Crippen molar-refractivity contribution in [3.05, 3.63) is 101 Å². The molecule has 2 N–H and O–H groups in total. The first-order chi connectivity index (χ1) is 13.1. The van der Waals surface area contributed by atoms with Crippen molar-refractivity contribution in [2.45, 2.75) is 6.54 Å². The second kappa shape index (κ2) is 8.62. The number of hydrogen-bond acceptors (Lipinski definition) is 3. The van der Waals surface area contributed by atoms with Gasteiger partial charge in [-0.3, -0.25) is 9.59 Å². The summed E-state index contributed by atoms with van der Waals surface area (Å²) in [5.41, 5.74) is 1.52. The Balaban J connectivity index is 1.78. The van der Waals surface area contributed by atoms with Crippen LogP contribution in [0.15, 0.2) is 83.1 Å². The molecule has 6 heteroatoms. The molecular weight excluding hydrogens is 347 g/mol. The maximum Gasteiger partial charge on any atom is 0.291 e. The standard InChI is InChI=1S/C21H17FN2O3/c22-17-10-8-15(9-11-17)13-18(24-21(26)19-7-4-12-27-19)20(25)23-14-16-5-2-1-3-6-16/h1-13H,14H2,(H,23,25)(H,24,26). The van der Waals surface area contributed by atoms with Crippen molar-refractivity contribution in [2.24, 2.45) is 0 Å². The van der Waals surface area contributed by atoms with Crippen LogP contribution >= 0.6 is 0 Å². The third-order valence-electron chi connectivity index (χ3n) is 3.71. The van der Waals surface area contributed by atoms with Gasteiger partial charge in [0.1, 0.15) is 11.5 Å². The van der Waals surface area contributed by atoms with Gasteiger partial charge in [0.05, 0.1) is 6.26 Å². The number of furan rings is 1. The molecule has 3 rings (SSSR count). The zero-order chi connectivity index (χ0) is 19.1. The molecule has 0 unspecified atom stereocenters. The summed E-state index contributed by atoms with van der Waals surface area (Å²) in [4.78, 5) is 24.8. The minimum absolute atomic E-state index is 0.0268. The Bertz CT molecular complexity index is 933. The minimum Gasteiger partial charge on any atom is -0.459 e. The summed E-state index contributed by atoms with van der Waals surface area (Å²) in [6.07, 6.45) is 2.84. The zero-order valence-corrected chi connectivity index (χ0v) is 14.3. The van der Waals surface area contributed by atoms with Crippen molar-refractivity contribution in [3.8, 4) is 0 Å². The molecule has 2 amide bonds. The highest BCUT2D eigenvalue weighted by Crippen LogP contribution is 2.09. The quantitative estimate of drug-likeness (QED) is 0.658. The van der Waals surface area contributed by atoms with E-state index in [0.717, 1.165) is 5.56 Å². The molecule has 0 aliphatic heterocycles. The van der Waals surface area contributed by atoms with Crippen molar-refractivity contribution in [3.63, 3.8) is 0 Å². The lowest BCUT2D eigenvalue weighted by Gasteiger charge is -2.10. The summed E-state index contributed by atoms with van der Waals surface area (Å²) in [6.45, 7) is 0.303. The van der Waals surface area contributed by atoms with Gasteiger partial charge in [-0.05, 0) is 41.5 Å². The van der Waals surface area contributed by atoms with Gasteiger partial charge < -0.3 is 15.1 Å². The highest BCUT2D eigenvalue weighted by molar-refractivity contribution is 6.04. The number of nitrogens with one attached hydrogen (secondary N) is 2. The van der Waals surface area contributed by atoms with Crippen LogP contribution in [-0.4, -0.2) is 11.8 Å². The summed E-state index contributed by atoms with van der Waals surface area (Å²) in [6, 6.07) is 18.0. The molecule has 3 aromatic rings. The molecule has 0 saturated carbocycles. The van der Waals surface area contributed by atoms with Crippen LogP contribution in [0.3, 0.4) is 0 Å². The fourth-order valence-corrected chi connectivity index (χ4v) is 2.35. The molecule has 0 fully saturated rings. The van der Waals surface area contributed by atoms with Crippen molar-refractivity contribution >= 4 is 17.9 Å². The van der Waals surface area contributed by atoms with Gasteiger partial charge in [0.2, 0.25) is 0 Å². The third kappa shape index (κ3) is 5.15. The predicted octanol–water partition coefficient (Wildman–Crippen LogP) is 3.51.